The summed E-state index contributed by atoms with van der Waals surface area (Å²) in [6.45, 7) is 1.70. The molecule has 1 heterocycles. The summed E-state index contributed by atoms with van der Waals surface area (Å²) in [5.74, 6) is -0.106. The highest BCUT2D eigenvalue weighted by Gasteiger charge is 2.18. The van der Waals surface area contributed by atoms with Crippen molar-refractivity contribution < 1.29 is 9.53 Å². The zero-order valence-electron chi connectivity index (χ0n) is 12.9. The minimum Gasteiger partial charge on any atom is -0.466 e. The van der Waals surface area contributed by atoms with Crippen molar-refractivity contribution in [3.8, 4) is 0 Å². The van der Waals surface area contributed by atoms with Crippen LogP contribution in [-0.4, -0.2) is 37.1 Å². The zero-order chi connectivity index (χ0) is 15.1. The van der Waals surface area contributed by atoms with Gasteiger partial charge in [0.05, 0.1) is 6.61 Å². The van der Waals surface area contributed by atoms with E-state index in [1.54, 1.807) is 0 Å². The molecule has 0 bridgehead atoms. The van der Waals surface area contributed by atoms with Gasteiger partial charge in [-0.15, -0.1) is 0 Å². The number of nitrogens with zero attached hydrogens (tertiary/aromatic N) is 1. The molecule has 1 unspecified atom stereocenters. The number of carbonyl (C=O) groups is 1. The highest BCUT2D eigenvalue weighted by Crippen LogP contribution is 2.17. The van der Waals surface area contributed by atoms with E-state index in [0.717, 1.165) is 24.2 Å². The van der Waals surface area contributed by atoms with E-state index in [4.69, 9.17) is 10.5 Å². The Morgan fingerprint density at radius 1 is 1.33 bits per heavy atom. The van der Waals surface area contributed by atoms with E-state index in [2.05, 4.69) is 11.9 Å². The van der Waals surface area contributed by atoms with E-state index < -0.39 is 0 Å². The first-order valence-electron chi connectivity index (χ1n) is 7.85. The standard InChI is InChI=1S/C17H26N2O2/c1-19-12-3-2-4-16(19)11-13-21-17(20)10-7-14-5-8-15(18)9-6-14/h5-6,8-9,16H,2-4,7,10-13,18H2,1H3. The molecule has 1 aromatic rings. The summed E-state index contributed by atoms with van der Waals surface area (Å²) in [4.78, 5) is 14.1. The predicted octanol–water partition coefficient (Wildman–Crippen LogP) is 2.62. The van der Waals surface area contributed by atoms with Gasteiger partial charge in [-0.2, -0.15) is 0 Å². The van der Waals surface area contributed by atoms with Gasteiger partial charge in [-0.1, -0.05) is 18.6 Å². The van der Waals surface area contributed by atoms with Gasteiger partial charge < -0.3 is 15.4 Å². The molecule has 4 heteroatoms. The predicted molar refractivity (Wildman–Crippen MR) is 85.0 cm³/mol. The minimum atomic E-state index is -0.106. The van der Waals surface area contributed by atoms with Crippen LogP contribution < -0.4 is 5.73 Å². The van der Waals surface area contributed by atoms with Crippen molar-refractivity contribution in [2.24, 2.45) is 0 Å². The Balaban J connectivity index is 1.62. The van der Waals surface area contributed by atoms with Gasteiger partial charge in [-0.25, -0.2) is 0 Å². The number of ether oxygens (including phenoxy) is 1. The highest BCUT2D eigenvalue weighted by atomic mass is 16.5. The van der Waals surface area contributed by atoms with Crippen molar-refractivity contribution in [3.63, 3.8) is 0 Å². The number of piperidine rings is 1. The molecule has 1 fully saturated rings. The molecule has 0 radical (unpaired) electrons. The highest BCUT2D eigenvalue weighted by molar-refractivity contribution is 5.69. The van der Waals surface area contributed by atoms with Crippen LogP contribution in [-0.2, 0) is 16.0 Å². The summed E-state index contributed by atoms with van der Waals surface area (Å²) in [6.07, 6.45) is 5.89. The molecule has 2 N–H and O–H groups in total. The molecule has 4 nitrogen and oxygen atoms in total. The number of nitrogens with two attached hydrogens (primary N) is 1. The fourth-order valence-electron chi connectivity index (χ4n) is 2.82. The van der Waals surface area contributed by atoms with Crippen LogP contribution in [0.25, 0.3) is 0 Å². The molecular weight excluding hydrogens is 264 g/mol. The summed E-state index contributed by atoms with van der Waals surface area (Å²) in [6, 6.07) is 8.21. The Morgan fingerprint density at radius 2 is 2.10 bits per heavy atom. The molecule has 116 valence electrons. The number of anilines is 1. The summed E-state index contributed by atoms with van der Waals surface area (Å²) >= 11 is 0. The van der Waals surface area contributed by atoms with E-state index >= 15 is 0 Å². The third-order valence-electron chi connectivity index (χ3n) is 4.23. The maximum absolute atomic E-state index is 11.7. The lowest BCUT2D eigenvalue weighted by atomic mass is 10.0. The average molecular weight is 290 g/mol. The molecule has 1 aliphatic heterocycles. The lowest BCUT2D eigenvalue weighted by Crippen LogP contribution is -2.37. The normalized spacial score (nSPS) is 19.4. The van der Waals surface area contributed by atoms with Crippen LogP contribution in [0.3, 0.4) is 0 Å². The van der Waals surface area contributed by atoms with Crippen LogP contribution in [0.5, 0.6) is 0 Å². The molecule has 1 aromatic carbocycles. The summed E-state index contributed by atoms with van der Waals surface area (Å²) in [5.41, 5.74) is 7.50. The van der Waals surface area contributed by atoms with Crippen LogP contribution in [0.2, 0.25) is 0 Å². The lowest BCUT2D eigenvalue weighted by molar-refractivity contribution is -0.144. The van der Waals surface area contributed by atoms with E-state index in [1.165, 1.54) is 19.3 Å². The summed E-state index contributed by atoms with van der Waals surface area (Å²) in [7, 11) is 2.16. The van der Waals surface area contributed by atoms with Crippen LogP contribution in [0, 0.1) is 0 Å². The average Bonchev–Trinajstić information content (AvgIpc) is 2.49. The zero-order valence-corrected chi connectivity index (χ0v) is 12.9. The summed E-state index contributed by atoms with van der Waals surface area (Å²) < 4.78 is 5.35. The van der Waals surface area contributed by atoms with Crippen molar-refractivity contribution in [1.82, 2.24) is 4.90 Å². The third-order valence-corrected chi connectivity index (χ3v) is 4.23. The topological polar surface area (TPSA) is 55.6 Å². The molecule has 0 spiro atoms. The second-order valence-corrected chi connectivity index (χ2v) is 5.88. The van der Waals surface area contributed by atoms with Crippen LogP contribution in [0.4, 0.5) is 5.69 Å². The molecule has 0 aliphatic carbocycles. The van der Waals surface area contributed by atoms with Gasteiger partial charge in [-0.3, -0.25) is 4.79 Å². The van der Waals surface area contributed by atoms with E-state index in [-0.39, 0.29) is 5.97 Å². The van der Waals surface area contributed by atoms with Crippen molar-refractivity contribution in [1.29, 1.82) is 0 Å². The van der Waals surface area contributed by atoms with Crippen molar-refractivity contribution >= 4 is 11.7 Å². The van der Waals surface area contributed by atoms with Gasteiger partial charge in [0, 0.05) is 18.2 Å². The molecule has 1 saturated heterocycles. The molecule has 21 heavy (non-hydrogen) atoms. The minimum absolute atomic E-state index is 0.106. The molecule has 1 aliphatic rings. The Hall–Kier alpha value is -1.55. The number of benzene rings is 1. The van der Waals surface area contributed by atoms with Gasteiger partial charge in [-0.05, 0) is 57.0 Å². The monoisotopic (exact) mass is 290 g/mol. The first-order chi connectivity index (χ1) is 10.1. The number of hydrogen-bond donors (Lipinski definition) is 1. The Bertz CT molecular complexity index is 445. The Kier molecular flexibility index (Phi) is 6.05. The fraction of sp³-hybridized carbons (Fsp3) is 0.588. The Morgan fingerprint density at radius 3 is 2.81 bits per heavy atom. The molecule has 0 aromatic heterocycles. The Labute approximate surface area is 127 Å². The van der Waals surface area contributed by atoms with E-state index in [0.29, 0.717) is 25.5 Å². The van der Waals surface area contributed by atoms with Gasteiger partial charge in [0.25, 0.3) is 0 Å². The van der Waals surface area contributed by atoms with E-state index in [1.807, 2.05) is 24.3 Å². The maximum Gasteiger partial charge on any atom is 0.306 e. The lowest BCUT2D eigenvalue weighted by Gasteiger charge is -2.32. The van der Waals surface area contributed by atoms with Crippen LogP contribution in [0.1, 0.15) is 37.7 Å². The maximum atomic E-state index is 11.7. The largest absolute Gasteiger partial charge is 0.466 e. The first-order valence-corrected chi connectivity index (χ1v) is 7.85. The van der Waals surface area contributed by atoms with Gasteiger partial charge in [0.15, 0.2) is 0 Å². The molecule has 0 saturated carbocycles. The first kappa shape index (κ1) is 15.8. The molecular formula is C17H26N2O2. The fourth-order valence-corrected chi connectivity index (χ4v) is 2.82. The SMILES string of the molecule is CN1CCCCC1CCOC(=O)CCc1ccc(N)cc1. The van der Waals surface area contributed by atoms with Crippen molar-refractivity contribution in [3.05, 3.63) is 29.8 Å². The van der Waals surface area contributed by atoms with Gasteiger partial charge in [0.1, 0.15) is 0 Å². The molecule has 1 atom stereocenters. The van der Waals surface area contributed by atoms with Crippen LogP contribution >= 0.6 is 0 Å². The number of aryl methyl sites for hydroxylation is 1. The van der Waals surface area contributed by atoms with Crippen molar-refractivity contribution in [2.45, 2.75) is 44.6 Å². The number of esters is 1. The number of hydrogen-bond acceptors (Lipinski definition) is 4. The van der Waals surface area contributed by atoms with Crippen LogP contribution in [0.15, 0.2) is 24.3 Å². The number of carbonyl (C=O) groups excluding carboxylic acids is 1. The van der Waals surface area contributed by atoms with Gasteiger partial charge >= 0.3 is 5.97 Å². The second-order valence-electron chi connectivity index (χ2n) is 5.88. The number of nitrogen functional groups attached to an aromatic ring is 1. The number of likely N-dealkylation sites (tertiary alicyclic amines) is 1. The molecule has 0 amide bonds. The van der Waals surface area contributed by atoms with E-state index in [9.17, 15) is 4.79 Å². The molecule has 2 rings (SSSR count). The van der Waals surface area contributed by atoms with Crippen molar-refractivity contribution in [2.75, 3.05) is 25.9 Å². The third kappa shape index (κ3) is 5.38. The van der Waals surface area contributed by atoms with Gasteiger partial charge in [0.2, 0.25) is 0 Å². The smallest absolute Gasteiger partial charge is 0.306 e. The summed E-state index contributed by atoms with van der Waals surface area (Å²) in [5, 5.41) is 0. The second kappa shape index (κ2) is 8.03. The quantitative estimate of drug-likeness (QED) is 0.646. The number of rotatable bonds is 6.